The molecule has 1 fully saturated rings. The summed E-state index contributed by atoms with van der Waals surface area (Å²) in [5, 5.41) is 1.70. The van der Waals surface area contributed by atoms with E-state index in [2.05, 4.69) is 59.8 Å². The Morgan fingerprint density at radius 2 is 1.25 bits per heavy atom. The van der Waals surface area contributed by atoms with Gasteiger partial charge in [-0.05, 0) is 67.6 Å². The molecule has 0 aliphatic carbocycles. The van der Waals surface area contributed by atoms with Crippen LogP contribution >= 0.6 is 0 Å². The van der Waals surface area contributed by atoms with Crippen LogP contribution in [0.25, 0.3) is 66.6 Å². The van der Waals surface area contributed by atoms with E-state index >= 15 is 0 Å². The molecule has 1 aliphatic heterocycles. The molecule has 0 bridgehead atoms. The Balaban J connectivity index is 0.000000169. The number of H-pyrrole nitrogens is 1. The molecule has 1 saturated heterocycles. The number of aromatic nitrogens is 6. The molecule has 67 heavy (non-hydrogen) atoms. The summed E-state index contributed by atoms with van der Waals surface area (Å²) in [5.74, 6) is 1.46. The molecule has 7 heterocycles. The van der Waals surface area contributed by atoms with Crippen LogP contribution in [0.4, 0.5) is 0 Å². The van der Waals surface area contributed by atoms with Crippen molar-refractivity contribution in [1.82, 2.24) is 38.7 Å². The Bertz CT molecular complexity index is 3320. The first-order valence-electron chi connectivity index (χ1n) is 22.0. The van der Waals surface area contributed by atoms with Crippen LogP contribution in [0.5, 0.6) is 11.5 Å². The van der Waals surface area contributed by atoms with Gasteiger partial charge in [-0.15, -0.1) is 0 Å². The molecule has 10 rings (SSSR count). The Morgan fingerprint density at radius 3 is 1.93 bits per heavy atom. The molecule has 1 aliphatic rings. The zero-order chi connectivity index (χ0) is 46.5. The summed E-state index contributed by atoms with van der Waals surface area (Å²) in [6, 6.07) is 30.2. The number of aldehydes is 1. The van der Waals surface area contributed by atoms with Gasteiger partial charge in [-0.2, -0.15) is 0 Å². The second kappa shape index (κ2) is 19.5. The molecule has 0 amide bonds. The quantitative estimate of drug-likeness (QED) is 0.117. The Hall–Kier alpha value is -7.52. The van der Waals surface area contributed by atoms with Crippen molar-refractivity contribution in [2.75, 3.05) is 46.9 Å². The van der Waals surface area contributed by atoms with Crippen LogP contribution < -0.4 is 9.47 Å². The van der Waals surface area contributed by atoms with E-state index in [4.69, 9.17) is 9.47 Å². The van der Waals surface area contributed by atoms with E-state index in [1.165, 1.54) is 15.7 Å². The second-order valence-electron chi connectivity index (χ2n) is 16.4. The molecule has 1 N–H and O–H groups in total. The zero-order valence-corrected chi connectivity index (χ0v) is 38.6. The minimum Gasteiger partial charge on any atom is -0.496 e. The van der Waals surface area contributed by atoms with E-state index in [9.17, 15) is 13.2 Å². The van der Waals surface area contributed by atoms with Gasteiger partial charge in [0.15, 0.2) is 11.9 Å². The molecule has 6 aromatic heterocycles. The van der Waals surface area contributed by atoms with Crippen molar-refractivity contribution in [2.24, 2.45) is 0 Å². The largest absolute Gasteiger partial charge is 0.496 e. The smallest absolute Gasteiger partial charge is 0.269 e. The molecule has 0 radical (unpaired) electrons. The van der Waals surface area contributed by atoms with Crippen molar-refractivity contribution in [2.45, 2.75) is 25.3 Å². The molecular formula is C53H50N8O5S. The number of nitrogens with zero attached hydrogens (tertiary/aromatic N) is 7. The van der Waals surface area contributed by atoms with Crippen LogP contribution in [0.2, 0.25) is 0 Å². The number of methoxy groups -OCH3 is 2. The molecule has 0 atom stereocenters. The molecule has 14 heteroatoms. The molecule has 0 spiro atoms. The molecule has 338 valence electrons. The zero-order valence-electron chi connectivity index (χ0n) is 37.8. The third kappa shape index (κ3) is 9.32. The fraction of sp³-hybridized carbons (Fsp3) is 0.189. The topological polar surface area (TPSA) is 148 Å². The van der Waals surface area contributed by atoms with Gasteiger partial charge in [-0.3, -0.25) is 19.7 Å². The number of fused-ring (bicyclic) bond motifs is 2. The molecule has 13 nitrogen and oxygen atoms in total. The minimum absolute atomic E-state index is 0.167. The average molecular weight is 911 g/mol. The summed E-state index contributed by atoms with van der Waals surface area (Å²) in [4.78, 5) is 37.6. The Labute approximate surface area is 389 Å². The fourth-order valence-corrected chi connectivity index (χ4v) is 9.84. The highest BCUT2D eigenvalue weighted by Crippen LogP contribution is 2.39. The molecule has 3 aromatic carbocycles. The molecule has 0 saturated carbocycles. The third-order valence-electron chi connectivity index (χ3n) is 12.2. The van der Waals surface area contributed by atoms with Crippen LogP contribution in [0.3, 0.4) is 0 Å². The summed E-state index contributed by atoms with van der Waals surface area (Å²) < 4.78 is 39.6. The van der Waals surface area contributed by atoms with Gasteiger partial charge < -0.3 is 19.4 Å². The van der Waals surface area contributed by atoms with Crippen LogP contribution in [0, 0.1) is 6.92 Å². The fourth-order valence-electron chi connectivity index (χ4n) is 8.51. The number of likely N-dealkylation sites (N-methyl/N-ethyl adjacent to an activating group) is 1. The SMILES string of the molecule is CCN1CCN(Cc2cncc(-c3cnc4[nH]cc(-c5ccccc5OC)c4c3)c2)CC1.COc1ccccc1-c1cn(S(=O)(=O)c2ccc(C)cc2)c2ncc(-c3cncc(C=O)c3)cc12. The van der Waals surface area contributed by atoms with E-state index in [0.717, 1.165) is 95.7 Å². The van der Waals surface area contributed by atoms with Crippen molar-refractivity contribution in [1.29, 1.82) is 0 Å². The monoisotopic (exact) mass is 910 g/mol. The van der Waals surface area contributed by atoms with Gasteiger partial charge in [0, 0.05) is 143 Å². The lowest BCUT2D eigenvalue weighted by Gasteiger charge is -2.34. The normalized spacial score (nSPS) is 13.3. The highest BCUT2D eigenvalue weighted by atomic mass is 32.2. The second-order valence-corrected chi connectivity index (χ2v) is 18.2. The van der Waals surface area contributed by atoms with Crippen molar-refractivity contribution in [3.63, 3.8) is 0 Å². The van der Waals surface area contributed by atoms with Gasteiger partial charge in [-0.1, -0.05) is 61.0 Å². The van der Waals surface area contributed by atoms with E-state index < -0.39 is 10.0 Å². The standard InChI is InChI=1S/C27H21N3O4S.C26H29N5O/c1-18-7-9-22(10-8-18)35(32,33)30-16-25(23-5-3-4-6-26(23)34-2)24-12-21(15-29-27(24)30)20-11-19(17-31)13-28-14-20;1-3-30-8-10-31(11-9-30)18-19-12-20(15-27-14-19)21-13-23-24(17-29-26(23)28-16-21)22-6-4-5-7-25(22)32-2/h3-17H,1-2H3;4-7,12-17H,3,8-11,18H2,1-2H3,(H,28,29). The summed E-state index contributed by atoms with van der Waals surface area (Å²) in [7, 11) is -0.647. The number of hydrogen-bond acceptors (Lipinski definition) is 11. The summed E-state index contributed by atoms with van der Waals surface area (Å²) >= 11 is 0. The number of nitrogens with one attached hydrogen (secondary N) is 1. The number of piperazine rings is 1. The third-order valence-corrected chi connectivity index (χ3v) is 13.9. The number of pyridine rings is 4. The number of carbonyl (C=O) groups is 1. The predicted molar refractivity (Wildman–Crippen MR) is 263 cm³/mol. The van der Waals surface area contributed by atoms with Gasteiger partial charge >= 0.3 is 0 Å². The average Bonchev–Trinajstić information content (AvgIpc) is 3.99. The highest BCUT2D eigenvalue weighted by Gasteiger charge is 2.25. The van der Waals surface area contributed by atoms with Gasteiger partial charge in [-0.25, -0.2) is 22.4 Å². The molecule has 0 unspecified atom stereocenters. The summed E-state index contributed by atoms with van der Waals surface area (Å²) in [6.45, 7) is 10.7. The van der Waals surface area contributed by atoms with Crippen LogP contribution in [-0.2, 0) is 16.6 Å². The lowest BCUT2D eigenvalue weighted by atomic mass is 10.0. The summed E-state index contributed by atoms with van der Waals surface area (Å²) in [6.07, 6.45) is 14.8. The number of para-hydroxylation sites is 2. The van der Waals surface area contributed by atoms with Crippen molar-refractivity contribution < 1.29 is 22.7 Å². The van der Waals surface area contributed by atoms with Gasteiger partial charge in [0.1, 0.15) is 17.1 Å². The van der Waals surface area contributed by atoms with Gasteiger partial charge in [0.05, 0.1) is 19.1 Å². The first kappa shape index (κ1) is 44.7. The Morgan fingerprint density at radius 1 is 0.657 bits per heavy atom. The minimum atomic E-state index is -3.92. The molecular weight excluding hydrogens is 861 g/mol. The maximum Gasteiger partial charge on any atom is 0.269 e. The Kier molecular flexibility index (Phi) is 13.0. The number of aryl methyl sites for hydroxylation is 1. The van der Waals surface area contributed by atoms with E-state index in [-0.39, 0.29) is 10.5 Å². The lowest BCUT2D eigenvalue weighted by molar-refractivity contribution is 0.112. The summed E-state index contributed by atoms with van der Waals surface area (Å²) in [5.41, 5.74) is 10.9. The number of aromatic amines is 1. The lowest BCUT2D eigenvalue weighted by Crippen LogP contribution is -2.45. The van der Waals surface area contributed by atoms with Crippen LogP contribution in [0.1, 0.15) is 28.4 Å². The van der Waals surface area contributed by atoms with Gasteiger partial charge in [0.2, 0.25) is 0 Å². The van der Waals surface area contributed by atoms with E-state index in [1.54, 1.807) is 63.1 Å². The highest BCUT2D eigenvalue weighted by molar-refractivity contribution is 7.90. The molecule has 9 aromatic rings. The maximum atomic E-state index is 13.6. The number of benzene rings is 3. The van der Waals surface area contributed by atoms with Crippen molar-refractivity contribution in [3.8, 4) is 56.0 Å². The van der Waals surface area contributed by atoms with Crippen molar-refractivity contribution in [3.05, 3.63) is 163 Å². The number of hydrogen-bond donors (Lipinski definition) is 1. The first-order valence-corrected chi connectivity index (χ1v) is 23.5. The van der Waals surface area contributed by atoms with Crippen LogP contribution in [0.15, 0.2) is 152 Å². The number of carbonyl (C=O) groups excluding carboxylic acids is 1. The number of ether oxygens (including phenoxy) is 2. The van der Waals surface area contributed by atoms with E-state index in [1.807, 2.05) is 80.2 Å². The van der Waals surface area contributed by atoms with Gasteiger partial charge in [0.25, 0.3) is 10.0 Å². The van der Waals surface area contributed by atoms with Crippen molar-refractivity contribution >= 4 is 38.4 Å². The predicted octanol–water partition coefficient (Wildman–Crippen LogP) is 9.57. The van der Waals surface area contributed by atoms with E-state index in [0.29, 0.717) is 33.4 Å². The van der Waals surface area contributed by atoms with Crippen LogP contribution in [-0.4, -0.2) is 100 Å². The number of rotatable bonds is 12. The first-order chi connectivity index (χ1) is 32.7. The maximum absolute atomic E-state index is 13.6.